The number of likely N-dealkylation sites (tertiary alicyclic amines) is 2. The van der Waals surface area contributed by atoms with Crippen molar-refractivity contribution in [3.63, 3.8) is 0 Å². The van der Waals surface area contributed by atoms with Crippen LogP contribution in [-0.2, 0) is 32.3 Å². The second kappa shape index (κ2) is 21.6. The van der Waals surface area contributed by atoms with Crippen molar-refractivity contribution in [1.29, 1.82) is 0 Å². The van der Waals surface area contributed by atoms with Gasteiger partial charge < -0.3 is 45.4 Å². The smallest absolute Gasteiger partial charge is 0.407 e. The maximum atomic E-state index is 15.1. The van der Waals surface area contributed by atoms with Crippen LogP contribution in [0.15, 0.2) is 72.8 Å². The Hall–Kier alpha value is -5.59. The third-order valence-corrected chi connectivity index (χ3v) is 16.3. The Bertz CT molecular complexity index is 2180. The topological polar surface area (TPSA) is 179 Å². The van der Waals surface area contributed by atoms with E-state index in [1.807, 2.05) is 100 Å². The number of nitrogens with one attached hydrogen (secondary N) is 4. The molecule has 7 rings (SSSR count). The van der Waals surface area contributed by atoms with Crippen LogP contribution in [0.5, 0.6) is 0 Å². The van der Waals surface area contributed by atoms with Crippen LogP contribution in [0, 0.1) is 11.8 Å². The number of benzene rings is 3. The van der Waals surface area contributed by atoms with E-state index in [-0.39, 0.29) is 47.5 Å². The Kier molecular flexibility index (Phi) is 15.9. The molecule has 17 heteroatoms. The predicted molar refractivity (Wildman–Crippen MR) is 264 cm³/mol. The molecule has 67 heavy (non-hydrogen) atoms. The van der Waals surface area contributed by atoms with E-state index in [0.717, 1.165) is 29.7 Å². The summed E-state index contributed by atoms with van der Waals surface area (Å²) in [5.41, 5.74) is 4.88. The van der Waals surface area contributed by atoms with Gasteiger partial charge in [0.1, 0.15) is 24.2 Å². The second-order valence-corrected chi connectivity index (χ2v) is 20.8. The fourth-order valence-corrected chi connectivity index (χ4v) is 10.9. The van der Waals surface area contributed by atoms with Crippen molar-refractivity contribution in [3.05, 3.63) is 89.5 Å². The molecule has 4 heterocycles. The molecule has 3 saturated heterocycles. The fraction of sp³-hybridized carbons (Fsp3) is 0.500. The molecule has 0 aromatic heterocycles. The Morgan fingerprint density at radius 1 is 0.657 bits per heavy atom. The van der Waals surface area contributed by atoms with E-state index in [1.54, 1.807) is 13.8 Å². The fourth-order valence-electron chi connectivity index (χ4n) is 9.58. The molecule has 9 atom stereocenters. The Labute approximate surface area is 402 Å². The third kappa shape index (κ3) is 11.1. The molecule has 4 N–H and O–H groups in total. The van der Waals surface area contributed by atoms with E-state index in [2.05, 4.69) is 26.2 Å². The molecule has 360 valence electrons. The van der Waals surface area contributed by atoms with Crippen molar-refractivity contribution >= 4 is 77.6 Å². The standard InChI is InChI=1S/C50H63FIN7O8/c1-7-30(3)42(55-48(64)66-5)46(62)57-27-9-11-40(57)44(60)53-35-19-13-32(14-20-35)38-25-26-39(59(38)37-23-17-34(18-24-37)50(51)29-52-50)33-15-21-36(22-16-33)54-45(61)41-12-10-28-58(41)47(63)43(31(4)8-2)56-49(65)67-6/h13-24,29-31,38-43H,7-12,25-28H2,1-6H3,(H,53,60)(H,54,61)(H,55,64)(H,56,65)/t30-,31-,38+,39+,40-,41?,42-,43-,50?/m0/s1. The zero-order chi connectivity index (χ0) is 48.0. The lowest BCUT2D eigenvalue weighted by atomic mass is 9.97. The maximum absolute atomic E-state index is 15.1. The number of hydrogen-bond acceptors (Lipinski definition) is 9. The summed E-state index contributed by atoms with van der Waals surface area (Å²) in [5, 5.41) is 11.4. The van der Waals surface area contributed by atoms with Crippen molar-refractivity contribution in [3.8, 4) is 0 Å². The minimum Gasteiger partial charge on any atom is -0.453 e. The average molecular weight is 1040 g/mol. The van der Waals surface area contributed by atoms with Gasteiger partial charge in [-0.1, -0.05) is 97.7 Å². The first-order valence-corrected chi connectivity index (χ1v) is 25.7. The van der Waals surface area contributed by atoms with Crippen molar-refractivity contribution < 1.29 is 42.6 Å². The number of rotatable bonds is 16. The van der Waals surface area contributed by atoms with Gasteiger partial charge in [0, 0.05) is 35.7 Å². The van der Waals surface area contributed by atoms with Crippen LogP contribution in [-0.4, -0.2) is 101 Å². The Morgan fingerprint density at radius 2 is 1.06 bits per heavy atom. The first kappa shape index (κ1) is 49.3. The highest BCUT2D eigenvalue weighted by Gasteiger charge is 2.42. The van der Waals surface area contributed by atoms with Gasteiger partial charge in [-0.25, -0.2) is 14.0 Å². The van der Waals surface area contributed by atoms with Crippen LogP contribution in [0.2, 0.25) is 0 Å². The molecular weight excluding hydrogens is 972 g/mol. The number of carbonyl (C=O) groups is 6. The SMILES string of the molecule is CC[C@H](C)[C@H](NC(=O)OC)C(=O)N1CCCC1C(=O)Nc1ccc([C@H]2CC[C@H](c3ccc(NC(=O)[C@@H]4CCCN4C(=O)[C@@H](NC(=O)OC)[C@@H](C)CC)cc3)N2c2ccc(C3(F)C=I3)cc2)cc1. The molecule has 0 spiro atoms. The van der Waals surface area contributed by atoms with Gasteiger partial charge in [-0.2, -0.15) is 0 Å². The van der Waals surface area contributed by atoms with E-state index in [0.29, 0.717) is 68.6 Å². The normalized spacial score (nSPS) is 23.8. The number of methoxy groups -OCH3 is 2. The van der Waals surface area contributed by atoms with Crippen LogP contribution in [0.3, 0.4) is 0 Å². The number of carbonyl (C=O) groups excluding carboxylic acids is 6. The molecular formula is C50H63FIN7O8. The maximum Gasteiger partial charge on any atom is 0.407 e. The number of halogens is 2. The summed E-state index contributed by atoms with van der Waals surface area (Å²) in [4.78, 5) is 84.7. The number of hydrogen-bond donors (Lipinski definition) is 4. The van der Waals surface area contributed by atoms with Gasteiger partial charge in [0.2, 0.25) is 27.3 Å². The molecule has 0 radical (unpaired) electrons. The first-order chi connectivity index (χ1) is 32.2. The van der Waals surface area contributed by atoms with Gasteiger partial charge in [-0.3, -0.25) is 19.2 Å². The van der Waals surface area contributed by atoms with Crippen molar-refractivity contribution in [2.24, 2.45) is 11.8 Å². The summed E-state index contributed by atoms with van der Waals surface area (Å²) in [7, 11) is 2.50. The van der Waals surface area contributed by atoms with Gasteiger partial charge in [0.05, 0.1) is 26.3 Å². The number of anilines is 3. The van der Waals surface area contributed by atoms with E-state index in [9.17, 15) is 28.8 Å². The summed E-state index contributed by atoms with van der Waals surface area (Å²) in [6.45, 7) is 8.47. The van der Waals surface area contributed by atoms with E-state index in [1.165, 1.54) is 14.2 Å². The molecule has 15 nitrogen and oxygen atoms in total. The zero-order valence-corrected chi connectivity index (χ0v) is 41.2. The molecule has 2 unspecified atom stereocenters. The van der Waals surface area contributed by atoms with Crippen LogP contribution < -0.4 is 26.2 Å². The highest BCUT2D eigenvalue weighted by molar-refractivity contribution is 14.2. The summed E-state index contributed by atoms with van der Waals surface area (Å²) < 4.78 is 25.2. The quantitative estimate of drug-likeness (QED) is 0.0816. The first-order valence-electron chi connectivity index (χ1n) is 23.4. The van der Waals surface area contributed by atoms with Gasteiger partial charge >= 0.3 is 12.2 Å². The molecule has 4 aliphatic heterocycles. The number of ether oxygens (including phenoxy) is 2. The zero-order valence-electron chi connectivity index (χ0n) is 39.1. The number of alkyl halides is 2. The minimum atomic E-state index is -1.28. The average Bonchev–Trinajstić information content (AvgIpc) is 3.75. The molecule has 4 aliphatic rings. The molecule has 0 saturated carbocycles. The van der Waals surface area contributed by atoms with E-state index < -0.39 is 60.8 Å². The number of alkyl carbamates (subject to hydrolysis) is 2. The lowest BCUT2D eigenvalue weighted by molar-refractivity contribution is -0.139. The molecule has 3 aromatic rings. The highest BCUT2D eigenvalue weighted by Crippen LogP contribution is 2.51. The van der Waals surface area contributed by atoms with Crippen molar-refractivity contribution in [1.82, 2.24) is 20.4 Å². The predicted octanol–water partition coefficient (Wildman–Crippen LogP) is 8.08. The molecule has 6 amide bonds. The van der Waals surface area contributed by atoms with E-state index in [4.69, 9.17) is 9.47 Å². The van der Waals surface area contributed by atoms with Crippen LogP contribution in [0.1, 0.15) is 108 Å². The summed E-state index contributed by atoms with van der Waals surface area (Å²) >= 11 is -0.605. The molecule has 0 aliphatic carbocycles. The van der Waals surface area contributed by atoms with E-state index >= 15 is 4.39 Å². The molecule has 0 bridgehead atoms. The third-order valence-electron chi connectivity index (χ3n) is 13.9. The lowest BCUT2D eigenvalue weighted by Crippen LogP contribution is -2.54. The molecule has 3 aromatic carbocycles. The lowest BCUT2D eigenvalue weighted by Gasteiger charge is -2.34. The highest BCUT2D eigenvalue weighted by atomic mass is 127. The van der Waals surface area contributed by atoms with Crippen LogP contribution in [0.4, 0.5) is 31.0 Å². The molecule has 3 fully saturated rings. The van der Waals surface area contributed by atoms with Gasteiger partial charge in [-0.15, -0.1) is 0 Å². The summed E-state index contributed by atoms with van der Waals surface area (Å²) in [6.07, 6.45) is 3.88. The second-order valence-electron chi connectivity index (χ2n) is 18.0. The van der Waals surface area contributed by atoms with Gasteiger partial charge in [-0.05, 0) is 102 Å². The minimum absolute atomic E-state index is 0.0548. The van der Waals surface area contributed by atoms with Crippen molar-refractivity contribution in [2.45, 2.75) is 119 Å². The van der Waals surface area contributed by atoms with Crippen LogP contribution in [0.25, 0.3) is 0 Å². The number of nitrogens with zero attached hydrogens (tertiary/aromatic N) is 3. The summed E-state index contributed by atoms with van der Waals surface area (Å²) in [5.74, 6) is -1.52. The van der Waals surface area contributed by atoms with Crippen LogP contribution >= 0.6 is 20.7 Å². The monoisotopic (exact) mass is 1040 g/mol. The van der Waals surface area contributed by atoms with Gasteiger partial charge in [0.25, 0.3) is 0 Å². The Balaban J connectivity index is 1.05. The van der Waals surface area contributed by atoms with Crippen molar-refractivity contribution in [2.75, 3.05) is 42.8 Å². The number of amides is 6. The summed E-state index contributed by atoms with van der Waals surface area (Å²) in [6, 6.07) is 20.2. The van der Waals surface area contributed by atoms with Gasteiger partial charge in [0.15, 0.2) is 0 Å². The largest absolute Gasteiger partial charge is 0.453 e. The Morgan fingerprint density at radius 3 is 1.42 bits per heavy atom.